The van der Waals surface area contributed by atoms with Crippen LogP contribution >= 0.6 is 0 Å². The van der Waals surface area contributed by atoms with Crippen LogP contribution in [0.2, 0.25) is 0 Å². The van der Waals surface area contributed by atoms with Gasteiger partial charge in [-0.05, 0) is 18.1 Å². The second kappa shape index (κ2) is 5.61. The van der Waals surface area contributed by atoms with Crippen molar-refractivity contribution in [1.29, 1.82) is 0 Å². The zero-order valence-corrected chi connectivity index (χ0v) is 11.0. The Kier molecular flexibility index (Phi) is 3.50. The topological polar surface area (TPSA) is 62.7 Å². The first kappa shape index (κ1) is 12.5. The number of para-hydroxylation sites is 1. The molecule has 5 heteroatoms. The number of aromatic nitrogens is 3. The van der Waals surface area contributed by atoms with E-state index in [-0.39, 0.29) is 5.91 Å². The SMILES string of the molecule is O=C(Cn1ccnc1)NCCc1c[nH]c2ccccc12. The highest BCUT2D eigenvalue weighted by atomic mass is 16.1. The van der Waals surface area contributed by atoms with E-state index in [1.54, 1.807) is 23.3 Å². The van der Waals surface area contributed by atoms with Crippen molar-refractivity contribution >= 4 is 16.8 Å². The number of hydrogen-bond donors (Lipinski definition) is 2. The molecule has 2 heterocycles. The van der Waals surface area contributed by atoms with Gasteiger partial charge >= 0.3 is 0 Å². The maximum absolute atomic E-state index is 11.7. The van der Waals surface area contributed by atoms with E-state index in [1.165, 1.54) is 10.9 Å². The molecule has 5 nitrogen and oxygen atoms in total. The molecule has 0 radical (unpaired) electrons. The van der Waals surface area contributed by atoms with Crippen LogP contribution in [0.5, 0.6) is 0 Å². The Bertz CT molecular complexity index is 700. The number of amides is 1. The van der Waals surface area contributed by atoms with Crippen molar-refractivity contribution in [3.05, 3.63) is 54.7 Å². The molecule has 102 valence electrons. The Morgan fingerprint density at radius 2 is 2.25 bits per heavy atom. The van der Waals surface area contributed by atoms with Gasteiger partial charge in [-0.15, -0.1) is 0 Å². The smallest absolute Gasteiger partial charge is 0.239 e. The van der Waals surface area contributed by atoms with E-state index >= 15 is 0 Å². The van der Waals surface area contributed by atoms with E-state index in [4.69, 9.17) is 0 Å². The van der Waals surface area contributed by atoms with Crippen LogP contribution in [-0.2, 0) is 17.8 Å². The Morgan fingerprint density at radius 3 is 3.10 bits per heavy atom. The Balaban J connectivity index is 1.53. The van der Waals surface area contributed by atoms with Crippen molar-refractivity contribution in [2.75, 3.05) is 6.54 Å². The van der Waals surface area contributed by atoms with Gasteiger partial charge in [-0.1, -0.05) is 18.2 Å². The molecule has 0 bridgehead atoms. The fraction of sp³-hybridized carbons (Fsp3) is 0.200. The van der Waals surface area contributed by atoms with Gasteiger partial charge in [-0.2, -0.15) is 0 Å². The molecule has 1 aromatic carbocycles. The molecule has 0 aliphatic rings. The average Bonchev–Trinajstić information content (AvgIpc) is 3.09. The van der Waals surface area contributed by atoms with E-state index in [1.807, 2.05) is 18.3 Å². The molecule has 0 saturated carbocycles. The highest BCUT2D eigenvalue weighted by Crippen LogP contribution is 2.17. The Hall–Kier alpha value is -2.56. The lowest BCUT2D eigenvalue weighted by Crippen LogP contribution is -2.28. The van der Waals surface area contributed by atoms with Crippen LogP contribution in [0.4, 0.5) is 0 Å². The van der Waals surface area contributed by atoms with Crippen LogP contribution < -0.4 is 5.32 Å². The van der Waals surface area contributed by atoms with Crippen molar-refractivity contribution in [3.63, 3.8) is 0 Å². The number of nitrogens with zero attached hydrogens (tertiary/aromatic N) is 2. The molecule has 20 heavy (non-hydrogen) atoms. The average molecular weight is 268 g/mol. The summed E-state index contributed by atoms with van der Waals surface area (Å²) in [6, 6.07) is 8.18. The minimum Gasteiger partial charge on any atom is -0.361 e. The summed E-state index contributed by atoms with van der Waals surface area (Å²) in [6.07, 6.45) is 7.91. The van der Waals surface area contributed by atoms with Crippen LogP contribution in [0.1, 0.15) is 5.56 Å². The molecule has 0 saturated heterocycles. The molecule has 0 aliphatic heterocycles. The zero-order valence-electron chi connectivity index (χ0n) is 11.0. The minimum absolute atomic E-state index is 0.00263. The van der Waals surface area contributed by atoms with Crippen molar-refractivity contribution in [2.24, 2.45) is 0 Å². The van der Waals surface area contributed by atoms with E-state index < -0.39 is 0 Å². The number of nitrogens with one attached hydrogen (secondary N) is 2. The zero-order chi connectivity index (χ0) is 13.8. The Labute approximate surface area is 116 Å². The molecule has 0 fully saturated rings. The molecule has 0 unspecified atom stereocenters. The molecule has 1 amide bonds. The van der Waals surface area contributed by atoms with Crippen LogP contribution in [0.3, 0.4) is 0 Å². The second-order valence-corrected chi connectivity index (χ2v) is 4.69. The first-order valence-electron chi connectivity index (χ1n) is 6.60. The quantitative estimate of drug-likeness (QED) is 0.740. The van der Waals surface area contributed by atoms with Gasteiger partial charge in [0.15, 0.2) is 0 Å². The monoisotopic (exact) mass is 268 g/mol. The third kappa shape index (κ3) is 2.71. The van der Waals surface area contributed by atoms with Crippen LogP contribution in [0, 0.1) is 0 Å². The molecule has 0 spiro atoms. The van der Waals surface area contributed by atoms with Gasteiger partial charge in [0.1, 0.15) is 6.54 Å². The number of fused-ring (bicyclic) bond motifs is 1. The summed E-state index contributed by atoms with van der Waals surface area (Å²) in [7, 11) is 0. The standard InChI is InChI=1S/C15H16N4O/c20-15(10-19-8-7-16-11-19)17-6-5-12-9-18-14-4-2-1-3-13(12)14/h1-4,7-9,11,18H,5-6,10H2,(H,17,20). The highest BCUT2D eigenvalue weighted by molar-refractivity contribution is 5.83. The fourth-order valence-corrected chi connectivity index (χ4v) is 2.28. The molecule has 0 aliphatic carbocycles. The summed E-state index contributed by atoms with van der Waals surface area (Å²) in [4.78, 5) is 18.9. The fourth-order valence-electron chi connectivity index (χ4n) is 2.28. The van der Waals surface area contributed by atoms with Gasteiger partial charge < -0.3 is 14.9 Å². The highest BCUT2D eigenvalue weighted by Gasteiger charge is 2.04. The summed E-state index contributed by atoms with van der Waals surface area (Å²) in [5, 5.41) is 4.14. The normalized spacial score (nSPS) is 10.8. The number of carbonyl (C=O) groups excluding carboxylic acids is 1. The van der Waals surface area contributed by atoms with E-state index in [9.17, 15) is 4.79 Å². The lowest BCUT2D eigenvalue weighted by atomic mass is 10.1. The molecule has 3 aromatic rings. The van der Waals surface area contributed by atoms with Crippen molar-refractivity contribution in [3.8, 4) is 0 Å². The minimum atomic E-state index is 0.00263. The number of H-pyrrole nitrogens is 1. The maximum atomic E-state index is 11.7. The number of aromatic amines is 1. The molecule has 0 atom stereocenters. The number of imidazole rings is 1. The summed E-state index contributed by atoms with van der Waals surface area (Å²) >= 11 is 0. The van der Waals surface area contributed by atoms with Crippen LogP contribution in [-0.4, -0.2) is 27.0 Å². The van der Waals surface area contributed by atoms with Crippen molar-refractivity contribution in [1.82, 2.24) is 19.9 Å². The van der Waals surface area contributed by atoms with Gasteiger partial charge in [-0.25, -0.2) is 4.98 Å². The number of rotatable bonds is 5. The summed E-state index contributed by atoms with van der Waals surface area (Å²) < 4.78 is 1.75. The summed E-state index contributed by atoms with van der Waals surface area (Å²) in [5.74, 6) is 0.00263. The lowest BCUT2D eigenvalue weighted by molar-refractivity contribution is -0.121. The first-order chi connectivity index (χ1) is 9.83. The van der Waals surface area contributed by atoms with Crippen LogP contribution in [0.15, 0.2) is 49.2 Å². The molecule has 2 aromatic heterocycles. The van der Waals surface area contributed by atoms with Gasteiger partial charge in [0.2, 0.25) is 5.91 Å². The maximum Gasteiger partial charge on any atom is 0.239 e. The predicted molar refractivity (Wildman–Crippen MR) is 77.2 cm³/mol. The third-order valence-corrected chi connectivity index (χ3v) is 3.28. The predicted octanol–water partition coefficient (Wildman–Crippen LogP) is 1.72. The molecular weight excluding hydrogens is 252 g/mol. The third-order valence-electron chi connectivity index (χ3n) is 3.28. The van der Waals surface area contributed by atoms with E-state index in [0.29, 0.717) is 13.1 Å². The first-order valence-corrected chi connectivity index (χ1v) is 6.60. The van der Waals surface area contributed by atoms with Crippen molar-refractivity contribution < 1.29 is 4.79 Å². The van der Waals surface area contributed by atoms with Crippen molar-refractivity contribution in [2.45, 2.75) is 13.0 Å². The molecular formula is C15H16N4O. The van der Waals surface area contributed by atoms with Gasteiger partial charge in [-0.3, -0.25) is 4.79 Å². The number of benzene rings is 1. The Morgan fingerprint density at radius 1 is 1.35 bits per heavy atom. The van der Waals surface area contributed by atoms with Gasteiger partial charge in [0.05, 0.1) is 6.33 Å². The lowest BCUT2D eigenvalue weighted by Gasteiger charge is -2.05. The summed E-state index contributed by atoms with van der Waals surface area (Å²) in [5.41, 5.74) is 2.36. The van der Waals surface area contributed by atoms with E-state index in [0.717, 1.165) is 11.9 Å². The number of hydrogen-bond acceptors (Lipinski definition) is 2. The van der Waals surface area contributed by atoms with Crippen LogP contribution in [0.25, 0.3) is 10.9 Å². The summed E-state index contributed by atoms with van der Waals surface area (Å²) in [6.45, 7) is 0.948. The van der Waals surface area contributed by atoms with Gasteiger partial charge in [0, 0.05) is 36.0 Å². The molecule has 3 rings (SSSR count). The largest absolute Gasteiger partial charge is 0.361 e. The van der Waals surface area contributed by atoms with Gasteiger partial charge in [0.25, 0.3) is 0 Å². The van der Waals surface area contributed by atoms with E-state index in [2.05, 4.69) is 27.4 Å². The molecule has 2 N–H and O–H groups in total. The number of carbonyl (C=O) groups is 1. The second-order valence-electron chi connectivity index (χ2n) is 4.69.